The van der Waals surface area contributed by atoms with Crippen molar-refractivity contribution in [3.05, 3.63) is 60.3 Å². The summed E-state index contributed by atoms with van der Waals surface area (Å²) >= 11 is 0. The fraction of sp³-hybridized carbons (Fsp3) is 0.250. The van der Waals surface area contributed by atoms with Gasteiger partial charge in [0.25, 0.3) is 0 Å². The van der Waals surface area contributed by atoms with Gasteiger partial charge in [-0.15, -0.1) is 0 Å². The monoisotopic (exact) mass is 298 g/mol. The summed E-state index contributed by atoms with van der Waals surface area (Å²) in [7, 11) is 0. The first kappa shape index (κ1) is 14.3. The van der Waals surface area contributed by atoms with E-state index in [9.17, 15) is 9.90 Å². The number of hydrazone groups is 1. The molecule has 0 aromatic heterocycles. The summed E-state index contributed by atoms with van der Waals surface area (Å²) in [6.07, 6.45) is 8.05. The summed E-state index contributed by atoms with van der Waals surface area (Å²) in [6, 6.07) is 9.61. The summed E-state index contributed by atoms with van der Waals surface area (Å²) in [5, 5.41) is 19.1. The van der Waals surface area contributed by atoms with Crippen LogP contribution in [-0.4, -0.2) is 47.0 Å². The van der Waals surface area contributed by atoms with Gasteiger partial charge in [0.2, 0.25) is 0 Å². The average molecular weight is 298 g/mol. The molecule has 0 aliphatic carbocycles. The molecule has 2 heterocycles. The molecule has 2 aliphatic rings. The van der Waals surface area contributed by atoms with E-state index in [1.807, 2.05) is 48.6 Å². The predicted molar refractivity (Wildman–Crippen MR) is 84.3 cm³/mol. The van der Waals surface area contributed by atoms with Crippen LogP contribution < -0.4 is 5.32 Å². The molecule has 1 saturated heterocycles. The van der Waals surface area contributed by atoms with Crippen LogP contribution in [0.3, 0.4) is 0 Å². The van der Waals surface area contributed by atoms with Crippen LogP contribution in [0, 0.1) is 0 Å². The zero-order chi connectivity index (χ0) is 15.4. The summed E-state index contributed by atoms with van der Waals surface area (Å²) in [5.74, 6) is 0. The Morgan fingerprint density at radius 3 is 2.82 bits per heavy atom. The molecular weight excluding hydrogens is 280 g/mol. The Hall–Kier alpha value is -2.60. The Morgan fingerprint density at radius 1 is 1.23 bits per heavy atom. The third-order valence-electron chi connectivity index (χ3n) is 3.90. The van der Waals surface area contributed by atoms with E-state index in [1.165, 1.54) is 4.90 Å². The summed E-state index contributed by atoms with van der Waals surface area (Å²) in [4.78, 5) is 13.3. The highest BCUT2D eigenvalue weighted by atomic mass is 16.4. The molecule has 0 radical (unpaired) electrons. The molecule has 2 aliphatic heterocycles. The van der Waals surface area contributed by atoms with E-state index < -0.39 is 11.8 Å². The molecule has 1 amide bonds. The quantitative estimate of drug-likeness (QED) is 0.873. The number of rotatable bonds is 2. The highest BCUT2D eigenvalue weighted by Gasteiger charge is 2.47. The van der Waals surface area contributed by atoms with Gasteiger partial charge in [-0.1, -0.05) is 36.4 Å². The molecule has 1 aromatic carbocycles. The average Bonchev–Trinajstić information content (AvgIpc) is 2.85. The molecule has 1 atom stereocenters. The standard InChI is InChI=1S/C16H18N4O2/c21-15(22)19-12-10-17-13-16(19,14-7-3-1-4-8-14)20-11-6-2-5-9-18-20/h1-9,11,17H,10,12-13H2,(H,21,22). The van der Waals surface area contributed by atoms with Gasteiger partial charge < -0.3 is 10.4 Å². The number of carbonyl (C=O) groups is 1. The van der Waals surface area contributed by atoms with Crippen molar-refractivity contribution in [1.82, 2.24) is 15.2 Å². The molecule has 22 heavy (non-hydrogen) atoms. The van der Waals surface area contributed by atoms with Crippen molar-refractivity contribution < 1.29 is 9.90 Å². The topological polar surface area (TPSA) is 68.2 Å². The van der Waals surface area contributed by atoms with Gasteiger partial charge in [-0.3, -0.25) is 4.90 Å². The first-order valence-corrected chi connectivity index (χ1v) is 7.19. The van der Waals surface area contributed by atoms with Crippen LogP contribution in [-0.2, 0) is 5.66 Å². The van der Waals surface area contributed by atoms with Crippen molar-refractivity contribution in [3.63, 3.8) is 0 Å². The van der Waals surface area contributed by atoms with E-state index in [2.05, 4.69) is 10.4 Å². The van der Waals surface area contributed by atoms with Crippen LogP contribution >= 0.6 is 0 Å². The molecule has 0 bridgehead atoms. The van der Waals surface area contributed by atoms with E-state index in [4.69, 9.17) is 0 Å². The summed E-state index contributed by atoms with van der Waals surface area (Å²) < 4.78 is 0. The minimum Gasteiger partial charge on any atom is -0.465 e. The van der Waals surface area contributed by atoms with Crippen molar-refractivity contribution in [2.75, 3.05) is 19.6 Å². The number of hydrogen-bond acceptors (Lipinski definition) is 4. The van der Waals surface area contributed by atoms with Gasteiger partial charge in [0.1, 0.15) is 0 Å². The lowest BCUT2D eigenvalue weighted by Crippen LogP contribution is -2.66. The second-order valence-corrected chi connectivity index (χ2v) is 5.13. The Bertz CT molecular complexity index is 610. The zero-order valence-corrected chi connectivity index (χ0v) is 12.1. The highest BCUT2D eigenvalue weighted by molar-refractivity contribution is 5.72. The maximum Gasteiger partial charge on any atom is 0.409 e. The number of allylic oxidation sites excluding steroid dienone is 3. The summed E-state index contributed by atoms with van der Waals surface area (Å²) in [5.41, 5.74) is -0.0158. The van der Waals surface area contributed by atoms with Gasteiger partial charge in [0.05, 0.1) is 0 Å². The molecule has 1 aromatic rings. The van der Waals surface area contributed by atoms with Crippen molar-refractivity contribution in [3.8, 4) is 0 Å². The molecule has 2 N–H and O–H groups in total. The van der Waals surface area contributed by atoms with Crippen molar-refractivity contribution in [2.24, 2.45) is 5.10 Å². The number of nitrogens with one attached hydrogen (secondary N) is 1. The Morgan fingerprint density at radius 2 is 2.05 bits per heavy atom. The minimum atomic E-state index is -0.953. The predicted octanol–water partition coefficient (Wildman–Crippen LogP) is 1.79. The molecule has 6 heteroatoms. The van der Waals surface area contributed by atoms with Crippen molar-refractivity contribution in [2.45, 2.75) is 5.66 Å². The van der Waals surface area contributed by atoms with Gasteiger partial charge in [-0.25, -0.2) is 9.80 Å². The number of hydrogen-bond donors (Lipinski definition) is 2. The van der Waals surface area contributed by atoms with Crippen molar-refractivity contribution >= 4 is 12.3 Å². The van der Waals surface area contributed by atoms with E-state index in [-0.39, 0.29) is 0 Å². The van der Waals surface area contributed by atoms with Gasteiger partial charge in [-0.2, -0.15) is 5.10 Å². The second-order valence-electron chi connectivity index (χ2n) is 5.13. The number of benzene rings is 1. The van der Waals surface area contributed by atoms with Gasteiger partial charge in [0.15, 0.2) is 5.66 Å². The van der Waals surface area contributed by atoms with Crippen LogP contribution in [0.5, 0.6) is 0 Å². The van der Waals surface area contributed by atoms with Crippen LogP contribution in [0.15, 0.2) is 59.9 Å². The third kappa shape index (κ3) is 2.37. The van der Waals surface area contributed by atoms with E-state index >= 15 is 0 Å². The number of piperazine rings is 1. The molecule has 1 unspecified atom stereocenters. The Kier molecular flexibility index (Phi) is 3.93. The lowest BCUT2D eigenvalue weighted by atomic mass is 9.94. The lowest BCUT2D eigenvalue weighted by Gasteiger charge is -2.49. The highest BCUT2D eigenvalue weighted by Crippen LogP contribution is 2.35. The molecule has 0 spiro atoms. The summed E-state index contributed by atoms with van der Waals surface area (Å²) in [6.45, 7) is 1.49. The van der Waals surface area contributed by atoms with Crippen LogP contribution in [0.4, 0.5) is 4.79 Å². The first-order chi connectivity index (χ1) is 10.7. The second kappa shape index (κ2) is 6.03. The first-order valence-electron chi connectivity index (χ1n) is 7.19. The van der Waals surface area contributed by atoms with Crippen LogP contribution in [0.2, 0.25) is 0 Å². The fourth-order valence-electron chi connectivity index (χ4n) is 2.90. The Labute approximate surface area is 129 Å². The van der Waals surface area contributed by atoms with Gasteiger partial charge in [0, 0.05) is 37.6 Å². The molecule has 3 rings (SSSR count). The van der Waals surface area contributed by atoms with Gasteiger partial charge >= 0.3 is 6.09 Å². The van der Waals surface area contributed by atoms with E-state index in [0.29, 0.717) is 19.6 Å². The molecular formula is C16H18N4O2. The SMILES string of the molecule is O=C(O)N1CCNCC1(c1ccccc1)N1C=CC=CC=N1. The largest absolute Gasteiger partial charge is 0.465 e. The fourth-order valence-corrected chi connectivity index (χ4v) is 2.90. The minimum absolute atomic E-state index is 0.400. The maximum atomic E-state index is 11.9. The van der Waals surface area contributed by atoms with Crippen LogP contribution in [0.1, 0.15) is 5.56 Å². The molecule has 114 valence electrons. The number of amides is 1. The van der Waals surface area contributed by atoms with Crippen LogP contribution in [0.25, 0.3) is 0 Å². The number of carboxylic acid groups (broad SMARTS) is 1. The zero-order valence-electron chi connectivity index (χ0n) is 12.1. The molecule has 1 fully saturated rings. The Balaban J connectivity index is 2.14. The van der Waals surface area contributed by atoms with E-state index in [1.54, 1.807) is 17.4 Å². The normalized spacial score (nSPS) is 24.4. The molecule has 6 nitrogen and oxygen atoms in total. The number of nitrogens with zero attached hydrogens (tertiary/aromatic N) is 3. The van der Waals surface area contributed by atoms with Crippen molar-refractivity contribution in [1.29, 1.82) is 0 Å². The smallest absolute Gasteiger partial charge is 0.409 e. The third-order valence-corrected chi connectivity index (χ3v) is 3.90. The van der Waals surface area contributed by atoms with Gasteiger partial charge in [-0.05, 0) is 12.2 Å². The lowest BCUT2D eigenvalue weighted by molar-refractivity contribution is -0.0385. The molecule has 0 saturated carbocycles. The maximum absolute atomic E-state index is 11.9. The van der Waals surface area contributed by atoms with E-state index in [0.717, 1.165) is 5.56 Å².